The molecule has 0 N–H and O–H groups in total. The van der Waals surface area contributed by atoms with E-state index in [2.05, 4.69) is 10.2 Å². The highest BCUT2D eigenvalue weighted by Gasteiger charge is 2.28. The minimum atomic E-state index is -0.205. The third kappa shape index (κ3) is 3.91. The van der Waals surface area contributed by atoms with Gasteiger partial charge >= 0.3 is 5.97 Å². The molecule has 0 aliphatic carbocycles. The predicted molar refractivity (Wildman–Crippen MR) is 97.9 cm³/mol. The van der Waals surface area contributed by atoms with Gasteiger partial charge in [0.05, 0.1) is 18.8 Å². The van der Waals surface area contributed by atoms with Gasteiger partial charge in [0.25, 0.3) is 5.22 Å². The van der Waals surface area contributed by atoms with Crippen molar-refractivity contribution in [3.05, 3.63) is 18.2 Å². The lowest BCUT2D eigenvalue weighted by Gasteiger charge is -2.30. The number of thioether (sulfide) groups is 1. The van der Waals surface area contributed by atoms with Crippen molar-refractivity contribution < 1.29 is 28.2 Å². The maximum Gasteiger partial charge on any atom is 0.308 e. The summed E-state index contributed by atoms with van der Waals surface area (Å²) in [6.07, 6.45) is 1.25. The SMILES string of the molecule is COC(=O)C1CCN(C(=O)CSc2nnc(-c3ccc4c(c3)OCO4)o2)CC1. The first kappa shape index (κ1) is 18.6. The van der Waals surface area contributed by atoms with Crippen LogP contribution in [0.3, 0.4) is 0 Å². The van der Waals surface area contributed by atoms with E-state index in [0.29, 0.717) is 48.5 Å². The van der Waals surface area contributed by atoms with Crippen LogP contribution in [0.2, 0.25) is 0 Å². The zero-order chi connectivity index (χ0) is 19.5. The Morgan fingerprint density at radius 3 is 2.79 bits per heavy atom. The normalized spacial score (nSPS) is 16.2. The molecule has 4 rings (SSSR count). The number of aromatic nitrogens is 2. The van der Waals surface area contributed by atoms with Crippen LogP contribution in [0.4, 0.5) is 0 Å². The molecule has 0 bridgehead atoms. The Morgan fingerprint density at radius 1 is 1.21 bits per heavy atom. The molecule has 148 valence electrons. The average molecular weight is 405 g/mol. The van der Waals surface area contributed by atoms with Crippen LogP contribution in [-0.4, -0.2) is 59.7 Å². The average Bonchev–Trinajstić information content (AvgIpc) is 3.40. The van der Waals surface area contributed by atoms with E-state index < -0.39 is 0 Å². The fraction of sp³-hybridized carbons (Fsp3) is 0.444. The standard InChI is InChI=1S/C18H19N3O6S/c1-24-17(23)11-4-6-21(7-5-11)15(22)9-28-18-20-19-16(27-18)12-2-3-13-14(8-12)26-10-25-13/h2-3,8,11H,4-7,9-10H2,1H3. The molecular weight excluding hydrogens is 386 g/mol. The molecule has 1 aromatic carbocycles. The van der Waals surface area contributed by atoms with Gasteiger partial charge in [-0.05, 0) is 31.0 Å². The van der Waals surface area contributed by atoms with Crippen molar-refractivity contribution in [1.29, 1.82) is 0 Å². The molecule has 2 aliphatic heterocycles. The Balaban J connectivity index is 1.30. The van der Waals surface area contributed by atoms with Crippen LogP contribution in [0, 0.1) is 5.92 Å². The van der Waals surface area contributed by atoms with E-state index in [0.717, 1.165) is 5.56 Å². The number of likely N-dealkylation sites (tertiary alicyclic amines) is 1. The number of hydrogen-bond acceptors (Lipinski definition) is 9. The van der Waals surface area contributed by atoms with E-state index in [1.54, 1.807) is 17.0 Å². The van der Waals surface area contributed by atoms with E-state index in [9.17, 15) is 9.59 Å². The predicted octanol–water partition coefficient (Wildman–Crippen LogP) is 1.97. The summed E-state index contributed by atoms with van der Waals surface area (Å²) in [7, 11) is 1.39. The van der Waals surface area contributed by atoms with E-state index in [1.807, 2.05) is 6.07 Å². The van der Waals surface area contributed by atoms with Gasteiger partial charge in [-0.1, -0.05) is 11.8 Å². The van der Waals surface area contributed by atoms with Crippen molar-refractivity contribution in [3.63, 3.8) is 0 Å². The highest BCUT2D eigenvalue weighted by molar-refractivity contribution is 7.99. The first-order chi connectivity index (χ1) is 13.6. The summed E-state index contributed by atoms with van der Waals surface area (Å²) in [5.74, 6) is 1.52. The quantitative estimate of drug-likeness (QED) is 0.545. The monoisotopic (exact) mass is 405 g/mol. The van der Waals surface area contributed by atoms with Crippen molar-refractivity contribution in [2.24, 2.45) is 5.92 Å². The highest BCUT2D eigenvalue weighted by Crippen LogP contribution is 2.36. The van der Waals surface area contributed by atoms with Crippen LogP contribution < -0.4 is 9.47 Å². The molecular formula is C18H19N3O6S. The number of hydrogen-bond donors (Lipinski definition) is 0. The first-order valence-corrected chi connectivity index (χ1v) is 9.84. The number of amides is 1. The third-order valence-electron chi connectivity index (χ3n) is 4.73. The van der Waals surface area contributed by atoms with Gasteiger partial charge in [-0.2, -0.15) is 0 Å². The zero-order valence-electron chi connectivity index (χ0n) is 15.3. The molecule has 0 spiro atoms. The van der Waals surface area contributed by atoms with E-state index in [1.165, 1.54) is 18.9 Å². The van der Waals surface area contributed by atoms with Gasteiger partial charge in [0.1, 0.15) is 0 Å². The molecule has 1 fully saturated rings. The number of esters is 1. The number of piperidine rings is 1. The van der Waals surface area contributed by atoms with Crippen LogP contribution >= 0.6 is 11.8 Å². The van der Waals surface area contributed by atoms with Crippen LogP contribution in [0.5, 0.6) is 11.5 Å². The number of benzene rings is 1. The second kappa shape index (κ2) is 8.09. The summed E-state index contributed by atoms with van der Waals surface area (Å²) in [6.45, 7) is 1.29. The summed E-state index contributed by atoms with van der Waals surface area (Å²) in [5, 5.41) is 8.35. The van der Waals surface area contributed by atoms with E-state index in [-0.39, 0.29) is 30.3 Å². The van der Waals surface area contributed by atoms with Gasteiger partial charge in [0.2, 0.25) is 18.6 Å². The van der Waals surface area contributed by atoms with Crippen molar-refractivity contribution >= 4 is 23.6 Å². The topological polar surface area (TPSA) is 104 Å². The second-order valence-corrected chi connectivity index (χ2v) is 7.33. The lowest BCUT2D eigenvalue weighted by Crippen LogP contribution is -2.41. The van der Waals surface area contributed by atoms with Crippen molar-refractivity contribution in [2.75, 3.05) is 32.7 Å². The number of carbonyl (C=O) groups is 2. The van der Waals surface area contributed by atoms with E-state index >= 15 is 0 Å². The Bertz CT molecular complexity index is 878. The fourth-order valence-electron chi connectivity index (χ4n) is 3.16. The maximum absolute atomic E-state index is 12.4. The third-order valence-corrected chi connectivity index (χ3v) is 5.53. The highest BCUT2D eigenvalue weighted by atomic mass is 32.2. The Morgan fingerprint density at radius 2 is 2.00 bits per heavy atom. The van der Waals surface area contributed by atoms with E-state index in [4.69, 9.17) is 18.6 Å². The van der Waals surface area contributed by atoms with Crippen molar-refractivity contribution in [3.8, 4) is 23.0 Å². The lowest BCUT2D eigenvalue weighted by atomic mass is 9.97. The number of fused-ring (bicyclic) bond motifs is 1. The molecule has 9 nitrogen and oxygen atoms in total. The van der Waals surface area contributed by atoms with Crippen LogP contribution in [0.15, 0.2) is 27.8 Å². The summed E-state index contributed by atoms with van der Waals surface area (Å²) in [6, 6.07) is 5.38. The molecule has 3 heterocycles. The molecule has 0 radical (unpaired) electrons. The minimum Gasteiger partial charge on any atom is -0.469 e. The molecule has 1 saturated heterocycles. The molecule has 0 atom stereocenters. The summed E-state index contributed by atoms with van der Waals surface area (Å²) in [4.78, 5) is 25.7. The smallest absolute Gasteiger partial charge is 0.308 e. The lowest BCUT2D eigenvalue weighted by molar-refractivity contribution is -0.148. The van der Waals surface area contributed by atoms with Gasteiger partial charge in [0, 0.05) is 18.7 Å². The van der Waals surface area contributed by atoms with Crippen molar-refractivity contribution in [1.82, 2.24) is 15.1 Å². The fourth-order valence-corrected chi connectivity index (χ4v) is 3.83. The van der Waals surface area contributed by atoms with Crippen LogP contribution in [0.1, 0.15) is 12.8 Å². The Hall–Kier alpha value is -2.75. The maximum atomic E-state index is 12.4. The molecule has 0 saturated carbocycles. The summed E-state index contributed by atoms with van der Waals surface area (Å²) in [5.41, 5.74) is 0.722. The molecule has 2 aliphatic rings. The van der Waals surface area contributed by atoms with Crippen LogP contribution in [-0.2, 0) is 14.3 Å². The number of ether oxygens (including phenoxy) is 3. The Kier molecular flexibility index (Phi) is 5.38. The van der Waals surface area contributed by atoms with Gasteiger partial charge in [-0.25, -0.2) is 0 Å². The van der Waals surface area contributed by atoms with Gasteiger partial charge in [-0.15, -0.1) is 10.2 Å². The molecule has 0 unspecified atom stereocenters. The molecule has 10 heteroatoms. The molecule has 1 aromatic heterocycles. The van der Waals surface area contributed by atoms with Crippen molar-refractivity contribution in [2.45, 2.75) is 18.1 Å². The first-order valence-electron chi connectivity index (χ1n) is 8.86. The second-order valence-electron chi connectivity index (χ2n) is 6.41. The largest absolute Gasteiger partial charge is 0.469 e. The van der Waals surface area contributed by atoms with Gasteiger partial charge in [-0.3, -0.25) is 9.59 Å². The molecule has 1 amide bonds. The number of methoxy groups -OCH3 is 1. The Labute approximate surface area is 165 Å². The number of rotatable bonds is 5. The summed E-state index contributed by atoms with van der Waals surface area (Å²) >= 11 is 1.20. The molecule has 2 aromatic rings. The molecule has 28 heavy (non-hydrogen) atoms. The van der Waals surface area contributed by atoms with Gasteiger partial charge in [0.15, 0.2) is 11.5 Å². The number of nitrogens with zero attached hydrogens (tertiary/aromatic N) is 3. The van der Waals surface area contributed by atoms with Crippen LogP contribution in [0.25, 0.3) is 11.5 Å². The van der Waals surface area contributed by atoms with Gasteiger partial charge < -0.3 is 23.5 Å². The minimum absolute atomic E-state index is 0.0175. The number of carbonyl (C=O) groups excluding carboxylic acids is 2. The summed E-state index contributed by atoms with van der Waals surface area (Å²) < 4.78 is 21.0. The zero-order valence-corrected chi connectivity index (χ0v) is 16.1.